The third-order valence-electron chi connectivity index (χ3n) is 2.75. The number of Topliss-reactive ketones (excluding diaryl/α,β-unsaturated/α-hetero) is 1. The molecule has 0 radical (unpaired) electrons. The Morgan fingerprint density at radius 1 is 1.14 bits per heavy atom. The van der Waals surface area contributed by atoms with Crippen LogP contribution in [-0.4, -0.2) is 12.1 Å². The van der Waals surface area contributed by atoms with Crippen LogP contribution in [0.5, 0.6) is 5.75 Å². The van der Waals surface area contributed by atoms with Crippen LogP contribution in [0.1, 0.15) is 17.3 Å². The molecule has 0 aliphatic heterocycles. The number of ketones is 1. The molecule has 6 heteroatoms. The van der Waals surface area contributed by atoms with Crippen LogP contribution < -0.4 is 4.74 Å². The summed E-state index contributed by atoms with van der Waals surface area (Å²) in [7, 11) is 0. The monoisotopic (exact) mass is 314 g/mol. The van der Waals surface area contributed by atoms with E-state index < -0.39 is 6.36 Å². The van der Waals surface area contributed by atoms with Gasteiger partial charge in [-0.15, -0.1) is 13.2 Å². The van der Waals surface area contributed by atoms with E-state index >= 15 is 0 Å². The van der Waals surface area contributed by atoms with E-state index in [1.54, 1.807) is 24.3 Å². The summed E-state index contributed by atoms with van der Waals surface area (Å²) in [5.41, 5.74) is 1.11. The van der Waals surface area contributed by atoms with Crippen LogP contribution in [0.15, 0.2) is 42.5 Å². The summed E-state index contributed by atoms with van der Waals surface area (Å²) in [5.74, 6) is -0.593. The standard InChI is InChI=1S/C15H10ClF3O2/c1-9(20)12-6-3-7-13(16)14(12)10-4-2-5-11(8-10)21-15(17,18)19/h2-8H,1H3. The minimum atomic E-state index is -4.78. The molecule has 2 aromatic rings. The van der Waals surface area contributed by atoms with Gasteiger partial charge in [-0.3, -0.25) is 4.79 Å². The Hall–Kier alpha value is -2.01. The van der Waals surface area contributed by atoms with Crippen LogP contribution in [0.3, 0.4) is 0 Å². The maximum atomic E-state index is 12.3. The molecule has 0 saturated carbocycles. The SMILES string of the molecule is CC(=O)c1cccc(Cl)c1-c1cccc(OC(F)(F)F)c1. The molecule has 0 aromatic heterocycles. The van der Waals surface area contributed by atoms with Crippen molar-refractivity contribution in [3.63, 3.8) is 0 Å². The quantitative estimate of drug-likeness (QED) is 0.736. The summed E-state index contributed by atoms with van der Waals surface area (Å²) in [6.07, 6.45) is -4.78. The van der Waals surface area contributed by atoms with Gasteiger partial charge in [0, 0.05) is 16.1 Å². The summed E-state index contributed by atoms with van der Waals surface area (Å²) in [5, 5.41) is 0.284. The molecular formula is C15H10ClF3O2. The summed E-state index contributed by atoms with van der Waals surface area (Å²) in [6.45, 7) is 1.37. The molecule has 2 rings (SSSR count). The van der Waals surface area contributed by atoms with Gasteiger partial charge in [-0.05, 0) is 30.7 Å². The molecule has 0 spiro atoms. The van der Waals surface area contributed by atoms with E-state index in [9.17, 15) is 18.0 Å². The van der Waals surface area contributed by atoms with Gasteiger partial charge in [0.05, 0.1) is 0 Å². The molecule has 0 amide bonds. The fourth-order valence-electron chi connectivity index (χ4n) is 1.96. The van der Waals surface area contributed by atoms with E-state index in [1.165, 1.54) is 25.1 Å². The Kier molecular flexibility index (Phi) is 4.23. The minimum Gasteiger partial charge on any atom is -0.406 e. The van der Waals surface area contributed by atoms with Crippen LogP contribution in [-0.2, 0) is 0 Å². The second-order valence-electron chi connectivity index (χ2n) is 4.29. The topological polar surface area (TPSA) is 26.3 Å². The van der Waals surface area contributed by atoms with Gasteiger partial charge in [-0.1, -0.05) is 35.9 Å². The highest BCUT2D eigenvalue weighted by Gasteiger charge is 2.31. The predicted octanol–water partition coefficient (Wildman–Crippen LogP) is 5.11. The van der Waals surface area contributed by atoms with E-state index in [2.05, 4.69) is 4.74 Å². The molecule has 0 bridgehead atoms. The molecule has 110 valence electrons. The number of hydrogen-bond acceptors (Lipinski definition) is 2. The summed E-state index contributed by atoms with van der Waals surface area (Å²) >= 11 is 6.08. The Labute approximate surface area is 124 Å². The van der Waals surface area contributed by atoms with Crippen LogP contribution in [0.4, 0.5) is 13.2 Å². The highest BCUT2D eigenvalue weighted by atomic mass is 35.5. The third kappa shape index (κ3) is 3.76. The number of ether oxygens (including phenoxy) is 1. The molecule has 0 N–H and O–H groups in total. The average Bonchev–Trinajstić information content (AvgIpc) is 2.36. The fourth-order valence-corrected chi connectivity index (χ4v) is 2.24. The second kappa shape index (κ2) is 5.77. The number of carbonyl (C=O) groups is 1. The molecule has 0 heterocycles. The van der Waals surface area contributed by atoms with Crippen molar-refractivity contribution in [3.05, 3.63) is 53.1 Å². The van der Waals surface area contributed by atoms with Crippen LogP contribution in [0.25, 0.3) is 11.1 Å². The van der Waals surface area contributed by atoms with Crippen molar-refractivity contribution in [2.75, 3.05) is 0 Å². The molecule has 0 atom stereocenters. The van der Waals surface area contributed by atoms with Crippen molar-refractivity contribution in [2.45, 2.75) is 13.3 Å². The maximum Gasteiger partial charge on any atom is 0.573 e. The Morgan fingerprint density at radius 3 is 2.43 bits per heavy atom. The lowest BCUT2D eigenvalue weighted by Gasteiger charge is -2.12. The molecule has 2 aromatic carbocycles. The van der Waals surface area contributed by atoms with Gasteiger partial charge in [0.25, 0.3) is 0 Å². The normalized spacial score (nSPS) is 11.3. The third-order valence-corrected chi connectivity index (χ3v) is 3.06. The van der Waals surface area contributed by atoms with E-state index in [1.807, 2.05) is 0 Å². The molecule has 21 heavy (non-hydrogen) atoms. The molecular weight excluding hydrogens is 305 g/mol. The van der Waals surface area contributed by atoms with Crippen LogP contribution in [0, 0.1) is 0 Å². The van der Waals surface area contributed by atoms with E-state index in [4.69, 9.17) is 11.6 Å². The maximum absolute atomic E-state index is 12.3. The summed E-state index contributed by atoms with van der Waals surface area (Å²) in [6, 6.07) is 10.1. The van der Waals surface area contributed by atoms with Crippen molar-refractivity contribution in [1.82, 2.24) is 0 Å². The fraction of sp³-hybridized carbons (Fsp3) is 0.133. The lowest BCUT2D eigenvalue weighted by Crippen LogP contribution is -2.17. The highest BCUT2D eigenvalue weighted by molar-refractivity contribution is 6.34. The van der Waals surface area contributed by atoms with Gasteiger partial charge in [0.2, 0.25) is 0 Å². The lowest BCUT2D eigenvalue weighted by molar-refractivity contribution is -0.274. The number of hydrogen-bond donors (Lipinski definition) is 0. The predicted molar refractivity (Wildman–Crippen MR) is 73.6 cm³/mol. The highest BCUT2D eigenvalue weighted by Crippen LogP contribution is 2.34. The zero-order valence-corrected chi connectivity index (χ0v) is 11.6. The first-order valence-corrected chi connectivity index (χ1v) is 6.31. The van der Waals surface area contributed by atoms with E-state index in [0.717, 1.165) is 0 Å². The number of rotatable bonds is 3. The van der Waals surface area contributed by atoms with E-state index in [0.29, 0.717) is 16.7 Å². The molecule has 2 nitrogen and oxygen atoms in total. The lowest BCUT2D eigenvalue weighted by atomic mass is 9.97. The second-order valence-corrected chi connectivity index (χ2v) is 4.70. The van der Waals surface area contributed by atoms with Crippen molar-refractivity contribution in [2.24, 2.45) is 0 Å². The van der Waals surface area contributed by atoms with Crippen molar-refractivity contribution in [3.8, 4) is 16.9 Å². The molecule has 0 fully saturated rings. The van der Waals surface area contributed by atoms with Gasteiger partial charge >= 0.3 is 6.36 Å². The van der Waals surface area contributed by atoms with Crippen molar-refractivity contribution >= 4 is 17.4 Å². The number of carbonyl (C=O) groups excluding carboxylic acids is 1. The number of benzene rings is 2. The molecule has 0 aliphatic rings. The minimum absolute atomic E-state index is 0.227. The average molecular weight is 315 g/mol. The number of halogens is 4. The first-order chi connectivity index (χ1) is 9.78. The van der Waals surface area contributed by atoms with Gasteiger partial charge in [-0.2, -0.15) is 0 Å². The van der Waals surface area contributed by atoms with Crippen LogP contribution in [0.2, 0.25) is 5.02 Å². The van der Waals surface area contributed by atoms with Crippen molar-refractivity contribution < 1.29 is 22.7 Å². The number of alkyl halides is 3. The van der Waals surface area contributed by atoms with Gasteiger partial charge < -0.3 is 4.74 Å². The Balaban J connectivity index is 2.53. The zero-order valence-electron chi connectivity index (χ0n) is 10.9. The van der Waals surface area contributed by atoms with Gasteiger partial charge in [0.15, 0.2) is 5.78 Å². The Morgan fingerprint density at radius 2 is 1.81 bits per heavy atom. The zero-order chi connectivity index (χ0) is 15.6. The molecule has 0 unspecified atom stereocenters. The summed E-state index contributed by atoms with van der Waals surface area (Å²) < 4.78 is 40.7. The smallest absolute Gasteiger partial charge is 0.406 e. The molecule has 0 saturated heterocycles. The molecule has 0 aliphatic carbocycles. The first kappa shape index (κ1) is 15.4. The van der Waals surface area contributed by atoms with E-state index in [-0.39, 0.29) is 16.6 Å². The first-order valence-electron chi connectivity index (χ1n) is 5.93. The largest absolute Gasteiger partial charge is 0.573 e. The van der Waals surface area contributed by atoms with Gasteiger partial charge in [-0.25, -0.2) is 0 Å². The van der Waals surface area contributed by atoms with Gasteiger partial charge in [0.1, 0.15) is 5.75 Å². The van der Waals surface area contributed by atoms with Crippen molar-refractivity contribution in [1.29, 1.82) is 0 Å². The Bertz CT molecular complexity index is 681. The van der Waals surface area contributed by atoms with Crippen LogP contribution >= 0.6 is 11.6 Å². The summed E-state index contributed by atoms with van der Waals surface area (Å²) in [4.78, 5) is 11.6.